The van der Waals surface area contributed by atoms with E-state index in [4.69, 9.17) is 21.1 Å². The van der Waals surface area contributed by atoms with Gasteiger partial charge in [-0.05, 0) is 63.9 Å². The lowest BCUT2D eigenvalue weighted by molar-refractivity contribution is -0.150. The Morgan fingerprint density at radius 2 is 2.05 bits per heavy atom. The van der Waals surface area contributed by atoms with Crippen molar-refractivity contribution in [1.82, 2.24) is 25.3 Å². The van der Waals surface area contributed by atoms with Crippen molar-refractivity contribution in [3.8, 4) is 11.8 Å². The molecule has 3 fully saturated rings. The van der Waals surface area contributed by atoms with E-state index in [1.165, 1.54) is 6.08 Å². The second-order valence-corrected chi connectivity index (χ2v) is 12.9. The van der Waals surface area contributed by atoms with Gasteiger partial charge >= 0.3 is 0 Å². The molecule has 0 aliphatic carbocycles. The Morgan fingerprint density at radius 1 is 1.26 bits per heavy atom. The number of amides is 1. The third-order valence-electron chi connectivity index (χ3n) is 9.84. The van der Waals surface area contributed by atoms with E-state index in [0.29, 0.717) is 50.9 Å². The van der Waals surface area contributed by atoms with Crippen molar-refractivity contribution in [2.45, 2.75) is 87.6 Å². The van der Waals surface area contributed by atoms with E-state index in [2.05, 4.69) is 47.1 Å². The van der Waals surface area contributed by atoms with Gasteiger partial charge in [0.05, 0.1) is 42.7 Å². The van der Waals surface area contributed by atoms with E-state index >= 15 is 0 Å². The lowest BCUT2D eigenvalue weighted by Gasteiger charge is -2.52. The summed E-state index contributed by atoms with van der Waals surface area (Å²) in [5.74, 6) is 0.275. The molecule has 1 aromatic carbocycles. The number of para-hydroxylation sites is 1. The zero-order valence-electron chi connectivity index (χ0n) is 25.5. The summed E-state index contributed by atoms with van der Waals surface area (Å²) in [6, 6.07) is 9.43. The van der Waals surface area contributed by atoms with Crippen LogP contribution in [0.2, 0.25) is 0 Å². The number of fused-ring (bicyclic) bond motifs is 1. The Labute approximate surface area is 260 Å². The number of Topliss-reactive ketones (excluding diaryl/α,β-unsaturated/α-hetero) is 1. The molecular formula is C32H45ClN6O4. The van der Waals surface area contributed by atoms with E-state index in [-0.39, 0.29) is 36.2 Å². The Kier molecular flexibility index (Phi) is 10.1. The number of alkyl halides is 1. The fraction of sp³-hybridized carbons (Fsp3) is 0.656. The largest absolute Gasteiger partial charge is 0.478 e. The van der Waals surface area contributed by atoms with Crippen molar-refractivity contribution in [2.75, 3.05) is 39.8 Å². The van der Waals surface area contributed by atoms with Gasteiger partial charge in [-0.3, -0.25) is 25.1 Å². The van der Waals surface area contributed by atoms with Gasteiger partial charge in [0.1, 0.15) is 5.75 Å². The molecule has 4 heterocycles. The minimum atomic E-state index is -1.24. The Hall–Kier alpha value is -2.52. The molecule has 0 radical (unpaired) electrons. The van der Waals surface area contributed by atoms with E-state index in [0.717, 1.165) is 24.9 Å². The maximum Gasteiger partial charge on any atom is 0.246 e. The number of nitriles is 1. The molecule has 8 atom stereocenters. The highest BCUT2D eigenvalue weighted by molar-refractivity contribution is 6.24. The zero-order chi connectivity index (χ0) is 30.7. The number of halogens is 1. The third kappa shape index (κ3) is 6.48. The van der Waals surface area contributed by atoms with Crippen LogP contribution in [0.25, 0.3) is 0 Å². The predicted octanol–water partition coefficient (Wildman–Crippen LogP) is 2.48. The van der Waals surface area contributed by atoms with Crippen LogP contribution in [0.5, 0.6) is 5.75 Å². The Morgan fingerprint density at radius 3 is 2.74 bits per heavy atom. The van der Waals surface area contributed by atoms with Crippen LogP contribution in [0.4, 0.5) is 0 Å². The number of ketones is 1. The summed E-state index contributed by atoms with van der Waals surface area (Å²) in [6.07, 6.45) is 4.16. The minimum absolute atomic E-state index is 0.0963. The van der Waals surface area contributed by atoms with Gasteiger partial charge < -0.3 is 19.3 Å². The average Bonchev–Trinajstić information content (AvgIpc) is 3.43. The average molecular weight is 613 g/mol. The Bertz CT molecular complexity index is 1230. The van der Waals surface area contributed by atoms with Gasteiger partial charge in [0.15, 0.2) is 17.7 Å². The summed E-state index contributed by atoms with van der Waals surface area (Å²) >= 11 is 6.94. The number of likely N-dealkylation sites (tertiary alicyclic amines) is 1. The SMILES string of the molecule is C=CC(=O)N1CCN(C2NC(OCC3CCCN3C)NC(C(=O)[C@]3(C)Oc4ccccc4CC3Cl)C2CC)CC1CC#N. The molecular weight excluding hydrogens is 568 g/mol. The van der Waals surface area contributed by atoms with Crippen molar-refractivity contribution >= 4 is 23.3 Å². The molecule has 2 N–H and O–H groups in total. The number of piperazine rings is 1. The first kappa shape index (κ1) is 31.9. The fourth-order valence-electron chi connectivity index (χ4n) is 7.18. The number of nitrogens with zero attached hydrogens (tertiary/aromatic N) is 4. The molecule has 0 saturated carbocycles. The van der Waals surface area contributed by atoms with Crippen LogP contribution >= 0.6 is 11.6 Å². The number of carbonyl (C=O) groups excluding carboxylic acids is 2. The van der Waals surface area contributed by atoms with Gasteiger partial charge in [0, 0.05) is 31.6 Å². The molecule has 11 heteroatoms. The van der Waals surface area contributed by atoms with Crippen LogP contribution in [0.15, 0.2) is 36.9 Å². The molecule has 43 heavy (non-hydrogen) atoms. The number of likely N-dealkylation sites (N-methyl/N-ethyl adjacent to an activating group) is 1. The van der Waals surface area contributed by atoms with Crippen molar-refractivity contribution in [1.29, 1.82) is 5.26 Å². The highest BCUT2D eigenvalue weighted by atomic mass is 35.5. The first-order valence-corrected chi connectivity index (χ1v) is 16.0. The summed E-state index contributed by atoms with van der Waals surface area (Å²) in [7, 11) is 2.12. The molecule has 0 aromatic heterocycles. The normalized spacial score (nSPS) is 35.0. The van der Waals surface area contributed by atoms with Crippen LogP contribution in [0.1, 0.15) is 45.1 Å². The number of hydrogen-bond acceptors (Lipinski definition) is 9. The second kappa shape index (κ2) is 13.6. The highest BCUT2D eigenvalue weighted by Crippen LogP contribution is 2.39. The first-order chi connectivity index (χ1) is 20.7. The van der Waals surface area contributed by atoms with Gasteiger partial charge in [0.25, 0.3) is 0 Å². The lowest BCUT2D eigenvalue weighted by Crippen LogP contribution is -2.74. The van der Waals surface area contributed by atoms with Crippen molar-refractivity contribution in [3.05, 3.63) is 42.5 Å². The maximum absolute atomic E-state index is 14.6. The first-order valence-electron chi connectivity index (χ1n) is 15.5. The topological polar surface area (TPSA) is 110 Å². The van der Waals surface area contributed by atoms with Gasteiger partial charge in [0.2, 0.25) is 5.91 Å². The summed E-state index contributed by atoms with van der Waals surface area (Å²) in [5.41, 5.74) is -0.245. The summed E-state index contributed by atoms with van der Waals surface area (Å²) in [5, 5.41) is 16.2. The molecule has 10 nitrogen and oxygen atoms in total. The molecule has 0 spiro atoms. The molecule has 5 rings (SSSR count). The van der Waals surface area contributed by atoms with Crippen LogP contribution in [-0.2, 0) is 20.7 Å². The van der Waals surface area contributed by atoms with Crippen LogP contribution in [0, 0.1) is 17.2 Å². The molecule has 4 aliphatic rings. The standard InChI is InChI=1S/C32H45ClN6O4/c1-5-24-28(29(41)32(3)26(33)18-21-10-7-8-12-25(21)43-32)35-31(42-20-23-11-9-15-37(23)4)36-30(24)38-16-17-39(27(40)6-2)22(19-38)13-14-34/h6-8,10,12,22-24,26,28,30-31,35-36H,2,5,9,11,13,15-20H2,1,3-4H3/t22?,23?,24?,26?,28?,30?,31?,32-/m1/s1. The molecule has 1 amide bonds. The molecule has 234 valence electrons. The monoisotopic (exact) mass is 612 g/mol. The van der Waals surface area contributed by atoms with Crippen LogP contribution in [-0.4, -0.2) is 108 Å². The number of hydrogen-bond donors (Lipinski definition) is 2. The smallest absolute Gasteiger partial charge is 0.246 e. The molecule has 1 aromatic rings. The summed E-state index contributed by atoms with van der Waals surface area (Å²) in [4.78, 5) is 33.5. The fourth-order valence-corrected chi connectivity index (χ4v) is 7.50. The lowest BCUT2D eigenvalue weighted by atomic mass is 9.78. The Balaban J connectivity index is 1.42. The second-order valence-electron chi connectivity index (χ2n) is 12.4. The molecule has 0 bridgehead atoms. The quantitative estimate of drug-likeness (QED) is 0.321. The van der Waals surface area contributed by atoms with Gasteiger partial charge in [-0.15, -0.1) is 11.6 Å². The highest BCUT2D eigenvalue weighted by Gasteiger charge is 2.54. The number of carbonyl (C=O) groups is 2. The number of benzene rings is 1. The van der Waals surface area contributed by atoms with Crippen molar-refractivity contribution in [3.63, 3.8) is 0 Å². The van der Waals surface area contributed by atoms with Gasteiger partial charge in [-0.25, -0.2) is 0 Å². The number of rotatable bonds is 9. The predicted molar refractivity (Wildman–Crippen MR) is 164 cm³/mol. The van der Waals surface area contributed by atoms with E-state index in [9.17, 15) is 14.9 Å². The van der Waals surface area contributed by atoms with Gasteiger partial charge in [-0.1, -0.05) is 31.7 Å². The minimum Gasteiger partial charge on any atom is -0.478 e. The van der Waals surface area contributed by atoms with E-state index < -0.39 is 23.4 Å². The van der Waals surface area contributed by atoms with Crippen molar-refractivity contribution < 1.29 is 19.1 Å². The summed E-state index contributed by atoms with van der Waals surface area (Å²) in [6.45, 7) is 10.7. The number of ether oxygens (including phenoxy) is 2. The van der Waals surface area contributed by atoms with Crippen molar-refractivity contribution in [2.24, 2.45) is 5.92 Å². The molecule has 3 saturated heterocycles. The molecule has 4 aliphatic heterocycles. The van der Waals surface area contributed by atoms with E-state index in [1.807, 2.05) is 24.3 Å². The van der Waals surface area contributed by atoms with E-state index in [1.54, 1.807) is 11.8 Å². The maximum atomic E-state index is 14.6. The van der Waals surface area contributed by atoms with Crippen LogP contribution in [0.3, 0.4) is 0 Å². The number of nitrogens with one attached hydrogen (secondary N) is 2. The zero-order valence-corrected chi connectivity index (χ0v) is 26.3. The van der Waals surface area contributed by atoms with Gasteiger partial charge in [-0.2, -0.15) is 5.26 Å². The summed E-state index contributed by atoms with van der Waals surface area (Å²) < 4.78 is 12.9. The third-order valence-corrected chi connectivity index (χ3v) is 10.4. The molecule has 7 unspecified atom stereocenters. The van der Waals surface area contributed by atoms with Crippen LogP contribution < -0.4 is 15.4 Å².